The smallest absolute Gasteiger partial charge is 0.172 e. The molecule has 164 valence electrons. The SMILES string of the molecule is CC1(C)Cc2c(c(N3CCOCC3)nc3sc4c(N5CCNCC5)nnnc4c23)CO1. The molecule has 0 aromatic carbocycles. The number of morpholine rings is 1. The van der Waals surface area contributed by atoms with Gasteiger partial charge in [-0.05, 0) is 24.6 Å². The van der Waals surface area contributed by atoms with Gasteiger partial charge in [0.25, 0.3) is 0 Å². The molecule has 0 radical (unpaired) electrons. The summed E-state index contributed by atoms with van der Waals surface area (Å²) in [4.78, 5) is 10.8. The zero-order valence-electron chi connectivity index (χ0n) is 18.0. The number of rotatable bonds is 2. The van der Waals surface area contributed by atoms with Crippen molar-refractivity contribution in [3.63, 3.8) is 0 Å². The van der Waals surface area contributed by atoms with E-state index in [9.17, 15) is 0 Å². The van der Waals surface area contributed by atoms with Crippen molar-refractivity contribution in [3.05, 3.63) is 11.1 Å². The van der Waals surface area contributed by atoms with Crippen LogP contribution < -0.4 is 15.1 Å². The first-order chi connectivity index (χ1) is 15.1. The molecule has 0 spiro atoms. The number of pyridine rings is 1. The van der Waals surface area contributed by atoms with Crippen LogP contribution in [0.2, 0.25) is 0 Å². The lowest BCUT2D eigenvalue weighted by molar-refractivity contribution is -0.0396. The molecule has 0 amide bonds. The van der Waals surface area contributed by atoms with Crippen LogP contribution in [0.25, 0.3) is 20.4 Å². The number of thiophene rings is 1. The Bertz CT molecular complexity index is 1140. The number of piperazine rings is 1. The van der Waals surface area contributed by atoms with Gasteiger partial charge in [0.2, 0.25) is 0 Å². The Morgan fingerprint density at radius 3 is 2.55 bits per heavy atom. The number of hydrogen-bond donors (Lipinski definition) is 1. The average Bonchev–Trinajstić information content (AvgIpc) is 3.18. The van der Waals surface area contributed by atoms with Crippen molar-refractivity contribution < 1.29 is 9.47 Å². The van der Waals surface area contributed by atoms with E-state index in [4.69, 9.17) is 14.5 Å². The third-order valence-electron chi connectivity index (χ3n) is 6.43. The summed E-state index contributed by atoms with van der Waals surface area (Å²) in [7, 11) is 0. The number of aromatic nitrogens is 4. The van der Waals surface area contributed by atoms with Gasteiger partial charge in [0.05, 0.1) is 25.4 Å². The third kappa shape index (κ3) is 3.32. The monoisotopic (exact) mass is 441 g/mol. The second-order valence-electron chi connectivity index (χ2n) is 9.03. The van der Waals surface area contributed by atoms with Gasteiger partial charge < -0.3 is 24.6 Å². The van der Waals surface area contributed by atoms with Crippen LogP contribution in [0.5, 0.6) is 0 Å². The number of nitrogens with one attached hydrogen (secondary N) is 1. The van der Waals surface area contributed by atoms with Crippen LogP contribution in [0.3, 0.4) is 0 Å². The Labute approximate surface area is 184 Å². The van der Waals surface area contributed by atoms with E-state index in [2.05, 4.69) is 44.4 Å². The highest BCUT2D eigenvalue weighted by atomic mass is 32.1. The van der Waals surface area contributed by atoms with Gasteiger partial charge in [-0.3, -0.25) is 0 Å². The number of ether oxygens (including phenoxy) is 2. The van der Waals surface area contributed by atoms with Gasteiger partial charge in [0.1, 0.15) is 20.9 Å². The fourth-order valence-electron chi connectivity index (χ4n) is 4.82. The Hall–Kier alpha value is -2.14. The first kappa shape index (κ1) is 19.5. The molecule has 0 saturated carbocycles. The molecular weight excluding hydrogens is 414 g/mol. The molecule has 3 aliphatic rings. The molecule has 2 saturated heterocycles. The maximum Gasteiger partial charge on any atom is 0.172 e. The molecular formula is C21H27N7O2S. The molecule has 0 bridgehead atoms. The van der Waals surface area contributed by atoms with Gasteiger partial charge >= 0.3 is 0 Å². The number of fused-ring (bicyclic) bond motifs is 5. The predicted octanol–water partition coefficient (Wildman–Crippen LogP) is 1.73. The summed E-state index contributed by atoms with van der Waals surface area (Å²) >= 11 is 1.70. The predicted molar refractivity (Wildman–Crippen MR) is 121 cm³/mol. The topological polar surface area (TPSA) is 88.5 Å². The van der Waals surface area contributed by atoms with Gasteiger partial charge in [-0.25, -0.2) is 4.98 Å². The van der Waals surface area contributed by atoms with E-state index < -0.39 is 0 Å². The minimum atomic E-state index is -0.223. The molecule has 3 aromatic heterocycles. The van der Waals surface area contributed by atoms with Crippen molar-refractivity contribution in [2.24, 2.45) is 0 Å². The normalized spacial score (nSPS) is 21.6. The van der Waals surface area contributed by atoms with Crippen molar-refractivity contribution >= 4 is 43.4 Å². The molecule has 31 heavy (non-hydrogen) atoms. The van der Waals surface area contributed by atoms with E-state index in [1.807, 2.05) is 0 Å². The van der Waals surface area contributed by atoms with E-state index >= 15 is 0 Å². The van der Waals surface area contributed by atoms with Crippen LogP contribution >= 0.6 is 11.3 Å². The fourth-order valence-corrected chi connectivity index (χ4v) is 5.97. The lowest BCUT2D eigenvalue weighted by Crippen LogP contribution is -2.44. The van der Waals surface area contributed by atoms with E-state index in [1.165, 1.54) is 11.1 Å². The van der Waals surface area contributed by atoms with Crippen LogP contribution in [0.4, 0.5) is 11.6 Å². The Morgan fingerprint density at radius 2 is 1.74 bits per heavy atom. The molecule has 10 heteroatoms. The van der Waals surface area contributed by atoms with Crippen molar-refractivity contribution in [1.82, 2.24) is 25.7 Å². The summed E-state index contributed by atoms with van der Waals surface area (Å²) in [5.41, 5.74) is 3.20. The zero-order valence-corrected chi connectivity index (χ0v) is 18.8. The van der Waals surface area contributed by atoms with Crippen molar-refractivity contribution in [2.75, 3.05) is 62.3 Å². The van der Waals surface area contributed by atoms with Crippen molar-refractivity contribution in [1.29, 1.82) is 0 Å². The molecule has 0 aliphatic carbocycles. The number of hydrogen-bond acceptors (Lipinski definition) is 10. The van der Waals surface area contributed by atoms with E-state index in [0.717, 1.165) is 91.0 Å². The largest absolute Gasteiger partial charge is 0.378 e. The van der Waals surface area contributed by atoms with Crippen LogP contribution in [0, 0.1) is 0 Å². The molecule has 9 nitrogen and oxygen atoms in total. The van der Waals surface area contributed by atoms with Gasteiger partial charge in [-0.1, -0.05) is 0 Å². The summed E-state index contributed by atoms with van der Waals surface area (Å²) < 4.78 is 12.9. The fraction of sp³-hybridized carbons (Fsp3) is 0.619. The second kappa shape index (κ2) is 7.47. The molecule has 0 unspecified atom stereocenters. The van der Waals surface area contributed by atoms with Gasteiger partial charge in [0.15, 0.2) is 5.82 Å². The molecule has 1 N–H and O–H groups in total. The van der Waals surface area contributed by atoms with E-state index in [0.29, 0.717) is 6.61 Å². The molecule has 6 rings (SSSR count). The summed E-state index contributed by atoms with van der Waals surface area (Å²) in [5.74, 6) is 1.97. The first-order valence-corrected chi connectivity index (χ1v) is 11.8. The van der Waals surface area contributed by atoms with Crippen LogP contribution in [-0.2, 0) is 22.5 Å². The number of anilines is 2. The van der Waals surface area contributed by atoms with E-state index in [-0.39, 0.29) is 5.60 Å². The number of nitrogens with zero attached hydrogens (tertiary/aromatic N) is 6. The summed E-state index contributed by atoms with van der Waals surface area (Å²) in [6.07, 6.45) is 0.831. The Kier molecular flexibility index (Phi) is 4.71. The third-order valence-corrected chi connectivity index (χ3v) is 7.50. The quantitative estimate of drug-likeness (QED) is 0.639. The summed E-state index contributed by atoms with van der Waals surface area (Å²) in [6.45, 7) is 11.8. The lowest BCUT2D eigenvalue weighted by atomic mass is 9.90. The highest BCUT2D eigenvalue weighted by molar-refractivity contribution is 7.26. The van der Waals surface area contributed by atoms with Crippen LogP contribution in [0.15, 0.2) is 0 Å². The van der Waals surface area contributed by atoms with Crippen molar-refractivity contribution in [3.8, 4) is 0 Å². The van der Waals surface area contributed by atoms with Gasteiger partial charge in [0, 0.05) is 56.6 Å². The Balaban J connectivity index is 1.58. The molecule has 0 atom stereocenters. The minimum absolute atomic E-state index is 0.223. The summed E-state index contributed by atoms with van der Waals surface area (Å²) in [6, 6.07) is 0. The molecule has 6 heterocycles. The molecule has 2 fully saturated rings. The first-order valence-electron chi connectivity index (χ1n) is 11.0. The maximum absolute atomic E-state index is 6.22. The van der Waals surface area contributed by atoms with E-state index in [1.54, 1.807) is 11.3 Å². The van der Waals surface area contributed by atoms with Gasteiger partial charge in [-0.2, -0.15) is 0 Å². The molecule has 3 aromatic rings. The zero-order chi connectivity index (χ0) is 21.0. The second-order valence-corrected chi connectivity index (χ2v) is 10.0. The van der Waals surface area contributed by atoms with Crippen LogP contribution in [-0.4, -0.2) is 78.5 Å². The highest BCUT2D eigenvalue weighted by Gasteiger charge is 2.34. The highest BCUT2D eigenvalue weighted by Crippen LogP contribution is 2.44. The van der Waals surface area contributed by atoms with Crippen molar-refractivity contribution in [2.45, 2.75) is 32.5 Å². The molecule has 3 aliphatic heterocycles. The average molecular weight is 442 g/mol. The maximum atomic E-state index is 6.22. The Morgan fingerprint density at radius 1 is 0.968 bits per heavy atom. The van der Waals surface area contributed by atoms with Gasteiger partial charge in [-0.15, -0.1) is 21.5 Å². The van der Waals surface area contributed by atoms with Crippen LogP contribution in [0.1, 0.15) is 25.0 Å². The minimum Gasteiger partial charge on any atom is -0.378 e. The summed E-state index contributed by atoms with van der Waals surface area (Å²) in [5, 5.41) is 17.7. The lowest BCUT2D eigenvalue weighted by Gasteiger charge is -2.36. The standard InChI is InChI=1S/C21H27N7O2S/c1-21(2)11-13-14(12-30-21)18(28-7-9-29-10-8-28)23-20-15(13)16-17(31-20)19(25-26-24-16)27-5-3-22-4-6-27/h22H,3-12H2,1-2H3.